The molecule has 0 spiro atoms. The number of carboxylic acids is 1. The van der Waals surface area contributed by atoms with E-state index in [1.54, 1.807) is 24.3 Å². The van der Waals surface area contributed by atoms with Crippen LogP contribution in [0.3, 0.4) is 0 Å². The topological polar surface area (TPSA) is 63.6 Å². The highest BCUT2D eigenvalue weighted by Crippen LogP contribution is 2.42. The van der Waals surface area contributed by atoms with Crippen molar-refractivity contribution in [3.63, 3.8) is 0 Å². The molecule has 29 heavy (non-hydrogen) atoms. The summed E-state index contributed by atoms with van der Waals surface area (Å²) in [6, 6.07) is 25.8. The predicted molar refractivity (Wildman–Crippen MR) is 112 cm³/mol. The highest BCUT2D eigenvalue weighted by atomic mass is 16.5. The Morgan fingerprint density at radius 3 is 1.93 bits per heavy atom. The van der Waals surface area contributed by atoms with E-state index in [-0.39, 0.29) is 12.2 Å². The summed E-state index contributed by atoms with van der Waals surface area (Å²) in [6.45, 7) is 1.93. The molecule has 1 N–H and O–H groups in total. The Morgan fingerprint density at radius 1 is 0.931 bits per heavy atom. The number of benzene rings is 3. The fourth-order valence-electron chi connectivity index (χ4n) is 3.79. The monoisotopic (exact) mass is 388 g/mol. The molecular formula is C25H24O4. The number of para-hydroxylation sites is 1. The third kappa shape index (κ3) is 4.21. The first kappa shape index (κ1) is 20.3. The van der Waals surface area contributed by atoms with Crippen LogP contribution in [-0.4, -0.2) is 23.0 Å². The number of rotatable bonds is 9. The predicted octanol–water partition coefficient (Wildman–Crippen LogP) is 5.33. The van der Waals surface area contributed by atoms with Crippen LogP contribution in [0.5, 0.6) is 5.75 Å². The smallest absolute Gasteiger partial charge is 0.349 e. The van der Waals surface area contributed by atoms with Gasteiger partial charge >= 0.3 is 5.97 Å². The highest BCUT2D eigenvalue weighted by Gasteiger charge is 2.49. The van der Waals surface area contributed by atoms with Gasteiger partial charge in [0.25, 0.3) is 0 Å². The summed E-state index contributed by atoms with van der Waals surface area (Å²) < 4.78 is 6.27. The van der Waals surface area contributed by atoms with Gasteiger partial charge in [0.1, 0.15) is 5.75 Å². The number of hydrogen-bond acceptors (Lipinski definition) is 3. The third-order valence-electron chi connectivity index (χ3n) is 5.05. The van der Waals surface area contributed by atoms with E-state index in [0.717, 1.165) is 11.1 Å². The van der Waals surface area contributed by atoms with Crippen molar-refractivity contribution in [3.05, 3.63) is 102 Å². The molecule has 3 aromatic carbocycles. The third-order valence-corrected chi connectivity index (χ3v) is 5.05. The quantitative estimate of drug-likeness (QED) is 0.503. The van der Waals surface area contributed by atoms with E-state index in [4.69, 9.17) is 4.74 Å². The molecule has 0 radical (unpaired) electrons. The maximum absolute atomic E-state index is 12.8. The van der Waals surface area contributed by atoms with Crippen molar-refractivity contribution in [1.82, 2.24) is 0 Å². The van der Waals surface area contributed by atoms with Gasteiger partial charge < -0.3 is 9.84 Å². The standard InChI is InChI=1S/C25H24O4/c1-2-17-25(24(27)28,29-22-16-10-9-15-21(22)18-26)23(19-11-5-3-6-12-19)20-13-7-4-8-14-20/h3-16,18,23H,2,17H2,1H3,(H,27,28). The fourth-order valence-corrected chi connectivity index (χ4v) is 3.79. The van der Waals surface area contributed by atoms with E-state index in [0.29, 0.717) is 18.3 Å². The molecule has 0 aliphatic rings. The van der Waals surface area contributed by atoms with Crippen LogP contribution in [0.4, 0.5) is 0 Å². The molecule has 4 nitrogen and oxygen atoms in total. The number of ether oxygens (including phenoxy) is 1. The van der Waals surface area contributed by atoms with Crippen LogP contribution >= 0.6 is 0 Å². The zero-order valence-electron chi connectivity index (χ0n) is 16.3. The highest BCUT2D eigenvalue weighted by molar-refractivity contribution is 5.83. The van der Waals surface area contributed by atoms with Gasteiger partial charge in [-0.2, -0.15) is 0 Å². The molecule has 3 aromatic rings. The fraction of sp³-hybridized carbons (Fsp3) is 0.200. The molecule has 0 amide bonds. The van der Waals surface area contributed by atoms with Gasteiger partial charge in [0.05, 0.1) is 11.5 Å². The number of carbonyl (C=O) groups excluding carboxylic acids is 1. The Kier molecular flexibility index (Phi) is 6.45. The Morgan fingerprint density at radius 2 is 1.45 bits per heavy atom. The largest absolute Gasteiger partial charge is 0.478 e. The normalized spacial score (nSPS) is 12.9. The first-order valence-electron chi connectivity index (χ1n) is 9.69. The molecule has 0 heterocycles. The van der Waals surface area contributed by atoms with Gasteiger partial charge in [-0.05, 0) is 29.7 Å². The number of aldehydes is 1. The Balaban J connectivity index is 2.23. The van der Waals surface area contributed by atoms with Crippen molar-refractivity contribution in [2.24, 2.45) is 0 Å². The minimum Gasteiger partial charge on any atom is -0.478 e. The van der Waals surface area contributed by atoms with Crippen molar-refractivity contribution in [1.29, 1.82) is 0 Å². The van der Waals surface area contributed by atoms with Crippen LogP contribution < -0.4 is 4.74 Å². The zero-order chi connectivity index (χ0) is 20.7. The summed E-state index contributed by atoms with van der Waals surface area (Å²) in [6.07, 6.45) is 1.57. The van der Waals surface area contributed by atoms with Crippen molar-refractivity contribution < 1.29 is 19.4 Å². The average molecular weight is 388 g/mol. The van der Waals surface area contributed by atoms with Crippen LogP contribution in [0.1, 0.15) is 47.2 Å². The number of carbonyl (C=O) groups is 2. The van der Waals surface area contributed by atoms with Gasteiger partial charge in [-0.15, -0.1) is 0 Å². The van der Waals surface area contributed by atoms with Gasteiger partial charge in [0.2, 0.25) is 5.60 Å². The zero-order valence-corrected chi connectivity index (χ0v) is 16.3. The van der Waals surface area contributed by atoms with Crippen LogP contribution in [0.15, 0.2) is 84.9 Å². The summed E-state index contributed by atoms with van der Waals surface area (Å²) in [4.78, 5) is 24.3. The molecule has 0 aromatic heterocycles. The van der Waals surface area contributed by atoms with Crippen LogP contribution in [0.2, 0.25) is 0 Å². The minimum absolute atomic E-state index is 0.273. The van der Waals surface area contributed by atoms with E-state index in [9.17, 15) is 14.7 Å². The molecule has 4 heteroatoms. The van der Waals surface area contributed by atoms with Gasteiger partial charge in [0, 0.05) is 0 Å². The second-order valence-electron chi connectivity index (χ2n) is 6.96. The van der Waals surface area contributed by atoms with Gasteiger partial charge in [-0.3, -0.25) is 4.79 Å². The molecule has 1 unspecified atom stereocenters. The molecule has 148 valence electrons. The maximum atomic E-state index is 12.8. The lowest BCUT2D eigenvalue weighted by Gasteiger charge is -2.38. The molecule has 0 saturated heterocycles. The van der Waals surface area contributed by atoms with Gasteiger partial charge in [0.15, 0.2) is 6.29 Å². The summed E-state index contributed by atoms with van der Waals surface area (Å²) >= 11 is 0. The van der Waals surface area contributed by atoms with Crippen molar-refractivity contribution in [2.45, 2.75) is 31.3 Å². The molecule has 0 aliphatic carbocycles. The molecule has 0 saturated carbocycles. The van der Waals surface area contributed by atoms with Crippen molar-refractivity contribution in [2.75, 3.05) is 0 Å². The van der Waals surface area contributed by atoms with Crippen LogP contribution in [0.25, 0.3) is 0 Å². The molecule has 0 bridgehead atoms. The SMILES string of the molecule is CCCC(Oc1ccccc1C=O)(C(=O)O)C(c1ccccc1)c1ccccc1. The van der Waals surface area contributed by atoms with Gasteiger partial charge in [-0.25, -0.2) is 4.79 Å². The average Bonchev–Trinajstić information content (AvgIpc) is 2.75. The van der Waals surface area contributed by atoms with E-state index < -0.39 is 17.5 Å². The molecule has 3 rings (SSSR count). The van der Waals surface area contributed by atoms with Crippen LogP contribution in [-0.2, 0) is 4.79 Å². The van der Waals surface area contributed by atoms with E-state index in [1.807, 2.05) is 67.6 Å². The molecule has 1 atom stereocenters. The summed E-state index contributed by atoms with van der Waals surface area (Å²) in [5, 5.41) is 10.5. The number of hydrogen-bond donors (Lipinski definition) is 1. The van der Waals surface area contributed by atoms with Gasteiger partial charge in [-0.1, -0.05) is 86.1 Å². The molecular weight excluding hydrogens is 364 g/mol. The van der Waals surface area contributed by atoms with Crippen molar-refractivity contribution >= 4 is 12.3 Å². The Labute approximate surface area is 170 Å². The summed E-state index contributed by atoms with van der Waals surface area (Å²) in [5.41, 5.74) is 0.446. The number of aliphatic carboxylic acids is 1. The van der Waals surface area contributed by atoms with E-state index >= 15 is 0 Å². The minimum atomic E-state index is -1.57. The lowest BCUT2D eigenvalue weighted by molar-refractivity contribution is -0.157. The molecule has 0 fully saturated rings. The Hall–Kier alpha value is -3.40. The lowest BCUT2D eigenvalue weighted by Crippen LogP contribution is -2.50. The molecule has 0 aliphatic heterocycles. The van der Waals surface area contributed by atoms with E-state index in [2.05, 4.69) is 0 Å². The maximum Gasteiger partial charge on any atom is 0.349 e. The lowest BCUT2D eigenvalue weighted by atomic mass is 9.74. The first-order valence-corrected chi connectivity index (χ1v) is 9.69. The Bertz CT molecular complexity index is 913. The second-order valence-corrected chi connectivity index (χ2v) is 6.96. The summed E-state index contributed by atoms with van der Waals surface area (Å²) in [5.74, 6) is -1.34. The van der Waals surface area contributed by atoms with Crippen molar-refractivity contribution in [3.8, 4) is 5.75 Å². The van der Waals surface area contributed by atoms with Crippen LogP contribution in [0, 0.1) is 0 Å². The second kappa shape index (κ2) is 9.20. The number of carboxylic acid groups (broad SMARTS) is 1. The van der Waals surface area contributed by atoms with E-state index in [1.165, 1.54) is 0 Å². The summed E-state index contributed by atoms with van der Waals surface area (Å²) in [7, 11) is 0. The first-order chi connectivity index (χ1) is 14.1.